The molecule has 2 heterocycles. The fourth-order valence-electron chi connectivity index (χ4n) is 1.17. The zero-order valence-electron chi connectivity index (χ0n) is 7.90. The van der Waals surface area contributed by atoms with E-state index in [1.165, 1.54) is 18.3 Å². The van der Waals surface area contributed by atoms with Crippen LogP contribution in [0, 0.1) is 6.92 Å². The van der Waals surface area contributed by atoms with Crippen LogP contribution in [0.25, 0.3) is 10.6 Å². The van der Waals surface area contributed by atoms with Crippen molar-refractivity contribution >= 4 is 17.1 Å². The summed E-state index contributed by atoms with van der Waals surface area (Å²) < 4.78 is 5.17. The number of hydrogen-bond acceptors (Lipinski definition) is 4. The molecular formula is C10H9NO2S. The third-order valence-electron chi connectivity index (χ3n) is 1.95. The predicted octanol–water partition coefficient (Wildman–Crippen LogP) is 2.91. The number of aryl methyl sites for hydroxylation is 1. The van der Waals surface area contributed by atoms with Gasteiger partial charge in [-0.05, 0) is 13.0 Å². The van der Waals surface area contributed by atoms with Gasteiger partial charge >= 0.3 is 0 Å². The van der Waals surface area contributed by atoms with Crippen LogP contribution in [0.15, 0.2) is 22.1 Å². The molecule has 0 aliphatic heterocycles. The van der Waals surface area contributed by atoms with Crippen LogP contribution in [0.3, 0.4) is 0 Å². The van der Waals surface area contributed by atoms with E-state index in [1.807, 2.05) is 13.0 Å². The summed E-state index contributed by atoms with van der Waals surface area (Å²) in [5.74, 6) is 0.822. The number of furan rings is 1. The van der Waals surface area contributed by atoms with Crippen molar-refractivity contribution in [3.63, 3.8) is 0 Å². The molecule has 0 spiro atoms. The average Bonchev–Trinajstić information content (AvgIpc) is 2.71. The Morgan fingerprint density at radius 1 is 1.57 bits per heavy atom. The van der Waals surface area contributed by atoms with E-state index < -0.39 is 0 Å². The van der Waals surface area contributed by atoms with Crippen molar-refractivity contribution < 1.29 is 9.21 Å². The number of nitrogens with zero attached hydrogens (tertiary/aromatic N) is 1. The van der Waals surface area contributed by atoms with Crippen LogP contribution in [0.2, 0.25) is 0 Å². The summed E-state index contributed by atoms with van der Waals surface area (Å²) in [7, 11) is 0. The molecule has 0 atom stereocenters. The molecule has 4 heteroatoms. The Kier molecular flexibility index (Phi) is 2.21. The standard InChI is InChI=1S/C10H9NO2S/c1-6(12)9-5-14-10(11-9)8-3-4-13-7(8)2/h3-5H,1-2H3. The summed E-state index contributed by atoms with van der Waals surface area (Å²) in [5, 5.41) is 2.60. The molecule has 0 bridgehead atoms. The summed E-state index contributed by atoms with van der Waals surface area (Å²) in [4.78, 5) is 15.3. The Morgan fingerprint density at radius 3 is 2.86 bits per heavy atom. The van der Waals surface area contributed by atoms with Crippen molar-refractivity contribution in [1.29, 1.82) is 0 Å². The molecule has 2 rings (SSSR count). The monoisotopic (exact) mass is 207 g/mol. The number of rotatable bonds is 2. The van der Waals surface area contributed by atoms with Gasteiger partial charge in [0.25, 0.3) is 0 Å². The highest BCUT2D eigenvalue weighted by Crippen LogP contribution is 2.27. The Labute approximate surface area is 85.4 Å². The lowest BCUT2D eigenvalue weighted by molar-refractivity contribution is 0.101. The Hall–Kier alpha value is -1.42. The van der Waals surface area contributed by atoms with Crippen LogP contribution in [0.1, 0.15) is 23.2 Å². The largest absolute Gasteiger partial charge is 0.469 e. The first-order valence-corrected chi connectivity index (χ1v) is 5.07. The molecule has 14 heavy (non-hydrogen) atoms. The molecule has 0 amide bonds. The van der Waals surface area contributed by atoms with Gasteiger partial charge in [0, 0.05) is 12.3 Å². The van der Waals surface area contributed by atoms with Crippen molar-refractivity contribution in [2.24, 2.45) is 0 Å². The van der Waals surface area contributed by atoms with Gasteiger partial charge in [0.05, 0.1) is 11.8 Å². The second kappa shape index (κ2) is 3.38. The highest BCUT2D eigenvalue weighted by molar-refractivity contribution is 7.13. The lowest BCUT2D eigenvalue weighted by atomic mass is 10.3. The van der Waals surface area contributed by atoms with E-state index in [2.05, 4.69) is 4.98 Å². The normalized spacial score (nSPS) is 10.4. The summed E-state index contributed by atoms with van der Waals surface area (Å²) in [6, 6.07) is 1.86. The minimum atomic E-state index is -0.00588. The van der Waals surface area contributed by atoms with Crippen LogP contribution in [0.5, 0.6) is 0 Å². The highest BCUT2D eigenvalue weighted by atomic mass is 32.1. The molecule has 3 nitrogen and oxygen atoms in total. The Balaban J connectivity index is 2.43. The highest BCUT2D eigenvalue weighted by Gasteiger charge is 2.11. The first-order valence-electron chi connectivity index (χ1n) is 4.19. The fraction of sp³-hybridized carbons (Fsp3) is 0.200. The smallest absolute Gasteiger partial charge is 0.178 e. The zero-order valence-corrected chi connectivity index (χ0v) is 8.72. The van der Waals surface area contributed by atoms with E-state index in [9.17, 15) is 4.79 Å². The van der Waals surface area contributed by atoms with Gasteiger partial charge < -0.3 is 4.42 Å². The van der Waals surface area contributed by atoms with Gasteiger partial charge in [-0.3, -0.25) is 4.79 Å². The summed E-state index contributed by atoms with van der Waals surface area (Å²) >= 11 is 1.46. The molecule has 2 aromatic rings. The average molecular weight is 207 g/mol. The molecule has 0 aliphatic carbocycles. The molecule has 0 unspecified atom stereocenters. The third-order valence-corrected chi connectivity index (χ3v) is 2.83. The van der Waals surface area contributed by atoms with E-state index in [-0.39, 0.29) is 5.78 Å². The number of hydrogen-bond donors (Lipinski definition) is 0. The molecule has 0 saturated carbocycles. The molecule has 0 N–H and O–H groups in total. The van der Waals surface area contributed by atoms with E-state index in [4.69, 9.17) is 4.42 Å². The summed E-state index contributed by atoms with van der Waals surface area (Å²) in [6.45, 7) is 3.39. The topological polar surface area (TPSA) is 43.1 Å². The molecule has 0 aromatic carbocycles. The Morgan fingerprint density at radius 2 is 2.36 bits per heavy atom. The van der Waals surface area contributed by atoms with Gasteiger partial charge in [0.1, 0.15) is 16.5 Å². The van der Waals surface area contributed by atoms with Crippen molar-refractivity contribution in [3.8, 4) is 10.6 Å². The van der Waals surface area contributed by atoms with Crippen molar-refractivity contribution in [2.75, 3.05) is 0 Å². The Bertz CT molecular complexity index is 470. The first kappa shape index (κ1) is 9.15. The predicted molar refractivity (Wildman–Crippen MR) is 54.6 cm³/mol. The number of carbonyl (C=O) groups is 1. The number of Topliss-reactive ketones (excluding diaryl/α,β-unsaturated/α-hetero) is 1. The van der Waals surface area contributed by atoms with Crippen molar-refractivity contribution in [1.82, 2.24) is 4.98 Å². The van der Waals surface area contributed by atoms with Gasteiger partial charge in [-0.15, -0.1) is 11.3 Å². The lowest BCUT2D eigenvalue weighted by Crippen LogP contribution is -1.91. The molecule has 0 aliphatic rings. The molecule has 72 valence electrons. The maximum Gasteiger partial charge on any atom is 0.178 e. The van der Waals surface area contributed by atoms with E-state index in [1.54, 1.807) is 11.6 Å². The zero-order chi connectivity index (χ0) is 10.1. The number of ketones is 1. The number of thiazole rings is 1. The van der Waals surface area contributed by atoms with Gasteiger partial charge in [0.2, 0.25) is 0 Å². The lowest BCUT2D eigenvalue weighted by Gasteiger charge is -1.90. The summed E-state index contributed by atoms with van der Waals surface area (Å²) in [5.41, 5.74) is 1.48. The second-order valence-corrected chi connectivity index (χ2v) is 3.84. The minimum absolute atomic E-state index is 0.00588. The van der Waals surface area contributed by atoms with Crippen LogP contribution < -0.4 is 0 Å². The number of carbonyl (C=O) groups excluding carboxylic acids is 1. The van der Waals surface area contributed by atoms with Gasteiger partial charge in [-0.1, -0.05) is 0 Å². The minimum Gasteiger partial charge on any atom is -0.469 e. The van der Waals surface area contributed by atoms with Crippen LogP contribution in [0.4, 0.5) is 0 Å². The van der Waals surface area contributed by atoms with Gasteiger partial charge in [-0.2, -0.15) is 0 Å². The maximum atomic E-state index is 11.0. The van der Waals surface area contributed by atoms with Crippen molar-refractivity contribution in [2.45, 2.75) is 13.8 Å². The van der Waals surface area contributed by atoms with E-state index >= 15 is 0 Å². The quantitative estimate of drug-likeness (QED) is 0.711. The third kappa shape index (κ3) is 1.48. The molecule has 0 radical (unpaired) electrons. The number of aromatic nitrogens is 1. The molecule has 2 aromatic heterocycles. The first-order chi connectivity index (χ1) is 6.68. The van der Waals surface area contributed by atoms with E-state index in [0.29, 0.717) is 5.69 Å². The molecule has 0 fully saturated rings. The van der Waals surface area contributed by atoms with Crippen LogP contribution in [-0.2, 0) is 0 Å². The van der Waals surface area contributed by atoms with E-state index in [0.717, 1.165) is 16.3 Å². The fourth-order valence-corrected chi connectivity index (χ4v) is 2.10. The van der Waals surface area contributed by atoms with Crippen LogP contribution in [-0.4, -0.2) is 10.8 Å². The molecule has 0 saturated heterocycles. The molecular weight excluding hydrogens is 198 g/mol. The van der Waals surface area contributed by atoms with Gasteiger partial charge in [0.15, 0.2) is 5.78 Å². The maximum absolute atomic E-state index is 11.0. The van der Waals surface area contributed by atoms with Crippen LogP contribution >= 0.6 is 11.3 Å². The van der Waals surface area contributed by atoms with Gasteiger partial charge in [-0.25, -0.2) is 4.98 Å². The summed E-state index contributed by atoms with van der Waals surface area (Å²) in [6.07, 6.45) is 1.62. The second-order valence-electron chi connectivity index (χ2n) is 2.98. The SMILES string of the molecule is CC(=O)c1csc(-c2ccoc2C)n1. The van der Waals surface area contributed by atoms with Crippen molar-refractivity contribution in [3.05, 3.63) is 29.2 Å².